The van der Waals surface area contributed by atoms with Crippen molar-refractivity contribution < 1.29 is 0 Å². The first kappa shape index (κ1) is 35.9. The molecule has 0 aliphatic heterocycles. The van der Waals surface area contributed by atoms with E-state index in [-0.39, 0.29) is 0 Å². The van der Waals surface area contributed by atoms with E-state index < -0.39 is 0 Å². The smallest absolute Gasteiger partial charge is 0.0439 e. The number of pyridine rings is 2. The van der Waals surface area contributed by atoms with Gasteiger partial charge in [-0.2, -0.15) is 0 Å². The zero-order chi connectivity index (χ0) is 37.0. The van der Waals surface area contributed by atoms with E-state index in [1.165, 1.54) is 66.7 Å². The molecule has 8 aromatic rings. The van der Waals surface area contributed by atoms with E-state index >= 15 is 0 Å². The van der Waals surface area contributed by atoms with Gasteiger partial charge in [-0.25, -0.2) is 0 Å². The molecule has 2 heterocycles. The van der Waals surface area contributed by atoms with Crippen LogP contribution in [0, 0.1) is 13.8 Å². The van der Waals surface area contributed by atoms with Gasteiger partial charge >= 0.3 is 0 Å². The molecular formula is C50H46N4. The normalized spacial score (nSPS) is 10.7. The Morgan fingerprint density at radius 2 is 0.796 bits per heavy atom. The second kappa shape index (κ2) is 17.8. The molecule has 0 radical (unpaired) electrons. The van der Waals surface area contributed by atoms with Crippen molar-refractivity contribution in [2.75, 3.05) is 9.80 Å². The van der Waals surface area contributed by atoms with Gasteiger partial charge in [-0.15, -0.1) is 0 Å². The van der Waals surface area contributed by atoms with Gasteiger partial charge in [0, 0.05) is 62.3 Å². The molecule has 0 atom stereocenters. The molecule has 2 aromatic heterocycles. The molecular weight excluding hydrogens is 657 g/mol. The van der Waals surface area contributed by atoms with Crippen molar-refractivity contribution in [3.63, 3.8) is 0 Å². The average molecular weight is 703 g/mol. The lowest BCUT2D eigenvalue weighted by Crippen LogP contribution is -2.22. The molecule has 0 saturated carbocycles. The minimum absolute atomic E-state index is 0.854. The predicted octanol–water partition coefficient (Wildman–Crippen LogP) is 12.0. The summed E-state index contributed by atoms with van der Waals surface area (Å²) in [5.74, 6) is 0. The summed E-state index contributed by atoms with van der Waals surface area (Å²) in [4.78, 5) is 13.2. The van der Waals surface area contributed by atoms with Gasteiger partial charge in [0.15, 0.2) is 0 Å². The highest BCUT2D eigenvalue weighted by Crippen LogP contribution is 2.26. The SMILES string of the molecule is Cc1ccc(CN(Cc2ccc(-c3ccccc3)cc2)c2ccncc2)cc1.Cc1ccc(CN(Cc2cccc3ccccc23)c2ccncc2)cc1. The number of benzene rings is 6. The summed E-state index contributed by atoms with van der Waals surface area (Å²) in [6.07, 6.45) is 7.44. The monoisotopic (exact) mass is 702 g/mol. The molecule has 0 fully saturated rings. The fourth-order valence-electron chi connectivity index (χ4n) is 6.70. The van der Waals surface area contributed by atoms with E-state index in [4.69, 9.17) is 0 Å². The van der Waals surface area contributed by atoms with Crippen molar-refractivity contribution in [1.82, 2.24) is 9.97 Å². The van der Waals surface area contributed by atoms with Crippen LogP contribution in [0.5, 0.6) is 0 Å². The van der Waals surface area contributed by atoms with Crippen LogP contribution in [-0.2, 0) is 26.2 Å². The molecule has 54 heavy (non-hydrogen) atoms. The van der Waals surface area contributed by atoms with Gasteiger partial charge in [0.25, 0.3) is 0 Å². The van der Waals surface area contributed by atoms with Crippen molar-refractivity contribution >= 4 is 22.1 Å². The third kappa shape index (κ3) is 9.67. The van der Waals surface area contributed by atoms with E-state index in [0.29, 0.717) is 0 Å². The molecule has 0 aliphatic rings. The van der Waals surface area contributed by atoms with Crippen LogP contribution < -0.4 is 9.80 Å². The first-order chi connectivity index (χ1) is 26.6. The lowest BCUT2D eigenvalue weighted by Gasteiger charge is -2.26. The Balaban J connectivity index is 0.000000167. The maximum atomic E-state index is 4.18. The summed E-state index contributed by atoms with van der Waals surface area (Å²) in [5, 5.41) is 2.60. The predicted molar refractivity (Wildman–Crippen MR) is 226 cm³/mol. The quantitative estimate of drug-likeness (QED) is 0.134. The number of nitrogens with zero attached hydrogens (tertiary/aromatic N) is 4. The number of aryl methyl sites for hydroxylation is 2. The first-order valence-electron chi connectivity index (χ1n) is 18.6. The lowest BCUT2D eigenvalue weighted by molar-refractivity contribution is 0.798. The van der Waals surface area contributed by atoms with Crippen LogP contribution in [0.15, 0.2) is 195 Å². The van der Waals surface area contributed by atoms with Crippen molar-refractivity contribution in [2.24, 2.45) is 0 Å². The minimum Gasteiger partial charge on any atom is -0.363 e. The molecule has 0 amide bonds. The number of fused-ring (bicyclic) bond motifs is 1. The summed E-state index contributed by atoms with van der Waals surface area (Å²) < 4.78 is 0. The topological polar surface area (TPSA) is 32.3 Å². The lowest BCUT2D eigenvalue weighted by atomic mass is 10.0. The molecule has 4 nitrogen and oxygen atoms in total. The second-order valence-corrected chi connectivity index (χ2v) is 13.8. The molecule has 4 heteroatoms. The number of hydrogen-bond acceptors (Lipinski definition) is 4. The highest BCUT2D eigenvalue weighted by atomic mass is 15.1. The van der Waals surface area contributed by atoms with Crippen LogP contribution in [0.25, 0.3) is 21.9 Å². The zero-order valence-corrected chi connectivity index (χ0v) is 31.1. The van der Waals surface area contributed by atoms with E-state index in [0.717, 1.165) is 26.2 Å². The molecule has 0 unspecified atom stereocenters. The van der Waals surface area contributed by atoms with E-state index in [1.54, 1.807) is 0 Å². The summed E-state index contributed by atoms with van der Waals surface area (Å²) in [7, 11) is 0. The van der Waals surface area contributed by atoms with E-state index in [9.17, 15) is 0 Å². The molecule has 0 spiro atoms. The molecule has 266 valence electrons. The maximum absolute atomic E-state index is 4.18. The fourth-order valence-corrected chi connectivity index (χ4v) is 6.70. The highest BCUT2D eigenvalue weighted by molar-refractivity contribution is 5.86. The summed E-state index contributed by atoms with van der Waals surface area (Å²) in [6, 6.07) is 60.4. The van der Waals surface area contributed by atoms with Gasteiger partial charge in [0.2, 0.25) is 0 Å². The average Bonchev–Trinajstić information content (AvgIpc) is 3.23. The van der Waals surface area contributed by atoms with Gasteiger partial charge < -0.3 is 9.80 Å². The number of anilines is 2. The Morgan fingerprint density at radius 3 is 1.33 bits per heavy atom. The molecule has 6 aromatic carbocycles. The van der Waals surface area contributed by atoms with Crippen LogP contribution >= 0.6 is 0 Å². The summed E-state index contributed by atoms with van der Waals surface area (Å²) in [5.41, 5.74) is 12.7. The van der Waals surface area contributed by atoms with Gasteiger partial charge in [0.05, 0.1) is 0 Å². The molecule has 8 rings (SSSR count). The maximum Gasteiger partial charge on any atom is 0.0439 e. The molecule has 0 N–H and O–H groups in total. The molecule has 0 saturated heterocycles. The zero-order valence-electron chi connectivity index (χ0n) is 31.1. The van der Waals surface area contributed by atoms with Crippen LogP contribution in [0.3, 0.4) is 0 Å². The second-order valence-electron chi connectivity index (χ2n) is 13.8. The largest absolute Gasteiger partial charge is 0.363 e. The van der Waals surface area contributed by atoms with Crippen LogP contribution in [-0.4, -0.2) is 9.97 Å². The Bertz CT molecular complexity index is 2320. The third-order valence-corrected chi connectivity index (χ3v) is 9.72. The van der Waals surface area contributed by atoms with Crippen LogP contribution in [0.1, 0.15) is 33.4 Å². The Hall–Kier alpha value is -6.52. The number of hydrogen-bond donors (Lipinski definition) is 0. The summed E-state index contributed by atoms with van der Waals surface area (Å²) in [6.45, 7) is 7.70. The minimum atomic E-state index is 0.854. The van der Waals surface area contributed by atoms with E-state index in [1.807, 2.05) is 24.8 Å². The standard InChI is InChI=1S/C26H24N2.C24H22N2/c1-21-7-9-22(10-8-21)19-28(26-15-17-27-18-16-26)20-23-11-13-25(14-12-23)24-5-3-2-4-6-24;1-19-9-11-20(12-10-19)17-26(23-13-15-25-16-14-23)18-22-7-4-6-21-5-2-3-8-24(21)22/h2-18H,19-20H2,1H3;2-16H,17-18H2,1H3. The van der Waals surface area contributed by atoms with Crippen LogP contribution in [0.2, 0.25) is 0 Å². The fraction of sp³-hybridized carbons (Fsp3) is 0.120. The van der Waals surface area contributed by atoms with Gasteiger partial charge in [-0.1, -0.05) is 157 Å². The van der Waals surface area contributed by atoms with Gasteiger partial charge in [-0.05, 0) is 82.3 Å². The third-order valence-electron chi connectivity index (χ3n) is 9.72. The number of aromatic nitrogens is 2. The van der Waals surface area contributed by atoms with Crippen molar-refractivity contribution in [1.29, 1.82) is 0 Å². The van der Waals surface area contributed by atoms with Gasteiger partial charge in [-0.3, -0.25) is 9.97 Å². The van der Waals surface area contributed by atoms with Crippen molar-refractivity contribution in [3.05, 3.63) is 228 Å². The summed E-state index contributed by atoms with van der Waals surface area (Å²) >= 11 is 0. The van der Waals surface area contributed by atoms with Crippen molar-refractivity contribution in [2.45, 2.75) is 40.0 Å². The Morgan fingerprint density at radius 1 is 0.370 bits per heavy atom. The van der Waals surface area contributed by atoms with Crippen molar-refractivity contribution in [3.8, 4) is 11.1 Å². The van der Waals surface area contributed by atoms with Gasteiger partial charge in [0.1, 0.15) is 0 Å². The van der Waals surface area contributed by atoms with Crippen LogP contribution in [0.4, 0.5) is 11.4 Å². The first-order valence-corrected chi connectivity index (χ1v) is 18.6. The van der Waals surface area contributed by atoms with E-state index in [2.05, 4.69) is 203 Å². The highest BCUT2D eigenvalue weighted by Gasteiger charge is 2.12. The molecule has 0 bridgehead atoms. The Kier molecular flexibility index (Phi) is 11.8. The Labute approximate surface area is 320 Å². The molecule has 0 aliphatic carbocycles. The number of rotatable bonds is 11.